The summed E-state index contributed by atoms with van der Waals surface area (Å²) in [6.45, 7) is 0.844. The van der Waals surface area contributed by atoms with Crippen LogP contribution in [0.25, 0.3) is 0 Å². The van der Waals surface area contributed by atoms with Crippen LogP contribution in [0.15, 0.2) is 0 Å². The predicted molar refractivity (Wildman–Crippen MR) is 43.9 cm³/mol. The maximum Gasteiger partial charge on any atom is 0.471 e. The molecule has 0 saturated heterocycles. The van der Waals surface area contributed by atoms with Gasteiger partial charge in [-0.1, -0.05) is 0 Å². The Morgan fingerprint density at radius 3 is 2.33 bits per heavy atom. The minimum Gasteiger partial charge on any atom is -0.385 e. The van der Waals surface area contributed by atoms with E-state index < -0.39 is 7.82 Å². The van der Waals surface area contributed by atoms with Crippen molar-refractivity contribution >= 4 is 7.82 Å². The molecule has 5 nitrogen and oxygen atoms in total. The first-order valence-electron chi connectivity index (χ1n) is 3.64. The van der Waals surface area contributed by atoms with Crippen molar-refractivity contribution in [1.82, 2.24) is 0 Å². The van der Waals surface area contributed by atoms with Crippen molar-refractivity contribution in [3.05, 3.63) is 0 Å². The van der Waals surface area contributed by atoms with E-state index >= 15 is 0 Å². The zero-order valence-electron chi connectivity index (χ0n) is 7.36. The van der Waals surface area contributed by atoms with E-state index in [1.165, 1.54) is 0 Å². The number of methoxy groups -OCH3 is 1. The summed E-state index contributed by atoms with van der Waals surface area (Å²) in [6, 6.07) is 0. The lowest BCUT2D eigenvalue weighted by atomic mass is 10.3. The number of rotatable bonds is 7. The first kappa shape index (κ1) is 12.1. The molecule has 1 atom stereocenters. The molecule has 0 bridgehead atoms. The van der Waals surface area contributed by atoms with Crippen molar-refractivity contribution in [3.63, 3.8) is 0 Å². The zero-order valence-corrected chi connectivity index (χ0v) is 8.25. The minimum absolute atomic E-state index is 0.213. The lowest BCUT2D eigenvalue weighted by Crippen LogP contribution is -1.96. The van der Waals surface area contributed by atoms with Crippen molar-refractivity contribution in [1.29, 1.82) is 0 Å². The summed E-state index contributed by atoms with van der Waals surface area (Å²) >= 11 is 0. The van der Waals surface area contributed by atoms with Crippen molar-refractivity contribution < 1.29 is 23.2 Å². The molecule has 1 N–H and O–H groups in total. The van der Waals surface area contributed by atoms with Crippen LogP contribution >= 0.6 is 7.82 Å². The number of hydrogen-bond donors (Lipinski definition) is 1. The Labute approximate surface area is 72.2 Å². The molecule has 0 aliphatic rings. The van der Waals surface area contributed by atoms with Crippen LogP contribution in [0, 0.1) is 0 Å². The molecule has 0 heterocycles. The van der Waals surface area contributed by atoms with Gasteiger partial charge in [0, 0.05) is 20.8 Å². The molecule has 74 valence electrons. The summed E-state index contributed by atoms with van der Waals surface area (Å²) in [5.74, 6) is 0. The summed E-state index contributed by atoms with van der Waals surface area (Å²) < 4.78 is 24.2. The van der Waals surface area contributed by atoms with Crippen LogP contribution in [-0.2, 0) is 18.3 Å². The molecule has 0 aliphatic heterocycles. The zero-order chi connectivity index (χ0) is 9.45. The second kappa shape index (κ2) is 6.57. The third-order valence-corrected chi connectivity index (χ3v) is 2.20. The van der Waals surface area contributed by atoms with E-state index in [1.807, 2.05) is 0 Å². The number of ether oxygens (including phenoxy) is 1. The molecule has 12 heavy (non-hydrogen) atoms. The molecular weight excluding hydrogens is 183 g/mol. The maximum atomic E-state index is 10.7. The Kier molecular flexibility index (Phi) is 6.61. The quantitative estimate of drug-likeness (QED) is 0.491. The van der Waals surface area contributed by atoms with Crippen LogP contribution in [0.3, 0.4) is 0 Å². The molecule has 0 saturated carbocycles. The highest BCUT2D eigenvalue weighted by atomic mass is 31.2. The molecule has 0 aromatic heterocycles. The number of phosphoric ester groups is 1. The molecule has 0 rings (SSSR count). The van der Waals surface area contributed by atoms with Crippen LogP contribution in [0.1, 0.15) is 12.8 Å². The lowest BCUT2D eigenvalue weighted by molar-refractivity contribution is 0.155. The van der Waals surface area contributed by atoms with E-state index in [-0.39, 0.29) is 6.61 Å². The third kappa shape index (κ3) is 6.76. The van der Waals surface area contributed by atoms with E-state index in [9.17, 15) is 4.57 Å². The Morgan fingerprint density at radius 1 is 1.25 bits per heavy atom. The van der Waals surface area contributed by atoms with Gasteiger partial charge in [-0.05, 0) is 12.8 Å². The van der Waals surface area contributed by atoms with Gasteiger partial charge in [-0.25, -0.2) is 4.57 Å². The molecule has 0 radical (unpaired) electrons. The molecule has 6 heteroatoms. The minimum atomic E-state index is -3.76. The Bertz CT molecular complexity index is 149. The standard InChI is InChI=1S/C6H15O5P/c1-9-5-3-4-6-11-12(7,8)10-2/h3-6H2,1-2H3,(H,7,8). The fraction of sp³-hybridized carbons (Fsp3) is 1.00. The lowest BCUT2D eigenvalue weighted by Gasteiger charge is -2.08. The van der Waals surface area contributed by atoms with E-state index in [0.29, 0.717) is 13.0 Å². The number of unbranched alkanes of at least 4 members (excludes halogenated alkanes) is 1. The Hall–Kier alpha value is 0.0700. The van der Waals surface area contributed by atoms with E-state index in [2.05, 4.69) is 9.05 Å². The van der Waals surface area contributed by atoms with Gasteiger partial charge >= 0.3 is 7.82 Å². The van der Waals surface area contributed by atoms with Gasteiger partial charge in [0.25, 0.3) is 0 Å². The highest BCUT2D eigenvalue weighted by Gasteiger charge is 2.16. The van der Waals surface area contributed by atoms with Crippen LogP contribution in [0.4, 0.5) is 0 Å². The van der Waals surface area contributed by atoms with Gasteiger partial charge in [0.1, 0.15) is 0 Å². The highest BCUT2D eigenvalue weighted by Crippen LogP contribution is 2.41. The predicted octanol–water partition coefficient (Wildman–Crippen LogP) is 1.18. The Morgan fingerprint density at radius 2 is 1.83 bits per heavy atom. The first-order chi connectivity index (χ1) is 5.62. The van der Waals surface area contributed by atoms with Gasteiger partial charge in [0.15, 0.2) is 0 Å². The summed E-state index contributed by atoms with van der Waals surface area (Å²) in [5.41, 5.74) is 0. The monoisotopic (exact) mass is 198 g/mol. The van der Waals surface area contributed by atoms with Gasteiger partial charge < -0.3 is 9.63 Å². The highest BCUT2D eigenvalue weighted by molar-refractivity contribution is 7.47. The van der Waals surface area contributed by atoms with E-state index in [0.717, 1.165) is 13.5 Å². The van der Waals surface area contributed by atoms with Crippen LogP contribution in [-0.4, -0.2) is 32.3 Å². The topological polar surface area (TPSA) is 65.0 Å². The normalized spacial score (nSPS) is 15.9. The van der Waals surface area contributed by atoms with Crippen molar-refractivity contribution in [2.75, 3.05) is 27.4 Å². The van der Waals surface area contributed by atoms with Gasteiger partial charge in [-0.2, -0.15) is 0 Å². The smallest absolute Gasteiger partial charge is 0.385 e. The molecule has 0 aromatic rings. The molecule has 0 spiro atoms. The summed E-state index contributed by atoms with van der Waals surface area (Å²) in [6.07, 6.45) is 1.49. The average Bonchev–Trinajstić information content (AvgIpc) is 2.04. The van der Waals surface area contributed by atoms with Crippen LogP contribution < -0.4 is 0 Å². The largest absolute Gasteiger partial charge is 0.471 e. The van der Waals surface area contributed by atoms with Gasteiger partial charge in [-0.3, -0.25) is 9.05 Å². The first-order valence-corrected chi connectivity index (χ1v) is 5.14. The molecule has 1 unspecified atom stereocenters. The van der Waals surface area contributed by atoms with Crippen molar-refractivity contribution in [2.24, 2.45) is 0 Å². The van der Waals surface area contributed by atoms with Gasteiger partial charge in [0.05, 0.1) is 6.61 Å². The second-order valence-electron chi connectivity index (χ2n) is 2.18. The van der Waals surface area contributed by atoms with Crippen molar-refractivity contribution in [2.45, 2.75) is 12.8 Å². The average molecular weight is 198 g/mol. The fourth-order valence-corrected chi connectivity index (χ4v) is 1.05. The summed E-state index contributed by atoms with van der Waals surface area (Å²) in [7, 11) is -1.02. The summed E-state index contributed by atoms with van der Waals surface area (Å²) in [5, 5.41) is 0. The van der Waals surface area contributed by atoms with Crippen LogP contribution in [0.2, 0.25) is 0 Å². The number of phosphoric acid groups is 1. The molecule has 0 aliphatic carbocycles. The molecule has 0 aromatic carbocycles. The maximum absolute atomic E-state index is 10.7. The Balaban J connectivity index is 3.25. The molecule has 0 fully saturated rings. The van der Waals surface area contributed by atoms with E-state index in [4.69, 9.17) is 9.63 Å². The molecule has 0 amide bonds. The SMILES string of the molecule is COCCCCOP(=O)(O)OC. The summed E-state index contributed by atoms with van der Waals surface area (Å²) in [4.78, 5) is 8.76. The van der Waals surface area contributed by atoms with Crippen LogP contribution in [0.5, 0.6) is 0 Å². The number of hydrogen-bond acceptors (Lipinski definition) is 4. The van der Waals surface area contributed by atoms with Gasteiger partial charge in [0.2, 0.25) is 0 Å². The molecular formula is C6H15O5P. The third-order valence-electron chi connectivity index (χ3n) is 1.23. The van der Waals surface area contributed by atoms with Gasteiger partial charge in [-0.15, -0.1) is 0 Å². The van der Waals surface area contributed by atoms with Crippen molar-refractivity contribution in [3.8, 4) is 0 Å². The van der Waals surface area contributed by atoms with E-state index in [1.54, 1.807) is 7.11 Å². The second-order valence-corrected chi connectivity index (χ2v) is 3.74. The fourth-order valence-electron chi connectivity index (χ4n) is 0.581.